The maximum Gasteiger partial charge on any atom is 0.234 e. The van der Waals surface area contributed by atoms with E-state index in [1.165, 1.54) is 11.8 Å². The molecule has 0 spiro atoms. The third kappa shape index (κ3) is 5.54. The zero-order valence-corrected chi connectivity index (χ0v) is 18.5. The first-order valence-corrected chi connectivity index (χ1v) is 10.7. The number of benzene rings is 2. The Balaban J connectivity index is 1.58. The summed E-state index contributed by atoms with van der Waals surface area (Å²) in [6.07, 6.45) is 0. The summed E-state index contributed by atoms with van der Waals surface area (Å²) in [5.74, 6) is 2.45. The largest absolute Gasteiger partial charge is 0.497 e. The summed E-state index contributed by atoms with van der Waals surface area (Å²) < 4.78 is 13.1. The monoisotopic (exact) mass is 426 g/mol. The number of hydrogen-bond acceptors (Lipinski definition) is 6. The number of thioether (sulfide) groups is 1. The van der Waals surface area contributed by atoms with Crippen molar-refractivity contribution in [3.05, 3.63) is 59.4 Å². The molecule has 1 amide bonds. The molecule has 0 saturated heterocycles. The van der Waals surface area contributed by atoms with Crippen LogP contribution in [0.3, 0.4) is 0 Å². The number of amides is 1. The van der Waals surface area contributed by atoms with Crippen LogP contribution in [0, 0.1) is 13.8 Å². The van der Waals surface area contributed by atoms with Crippen LogP contribution >= 0.6 is 11.8 Å². The smallest absolute Gasteiger partial charge is 0.234 e. The number of rotatable bonds is 9. The van der Waals surface area contributed by atoms with E-state index >= 15 is 0 Å². The average Bonchev–Trinajstić information content (AvgIpc) is 3.15. The normalized spacial score (nSPS) is 10.7. The van der Waals surface area contributed by atoms with E-state index in [0.29, 0.717) is 18.3 Å². The van der Waals surface area contributed by atoms with Gasteiger partial charge in [0.15, 0.2) is 11.0 Å². The molecule has 3 aromatic rings. The summed E-state index contributed by atoms with van der Waals surface area (Å²) in [4.78, 5) is 12.3. The lowest BCUT2D eigenvalue weighted by atomic mass is 10.1. The lowest BCUT2D eigenvalue weighted by Gasteiger charge is -2.11. The lowest BCUT2D eigenvalue weighted by Crippen LogP contribution is -2.15. The van der Waals surface area contributed by atoms with Crippen molar-refractivity contribution >= 4 is 23.4 Å². The molecule has 30 heavy (non-hydrogen) atoms. The van der Waals surface area contributed by atoms with E-state index in [1.807, 2.05) is 37.5 Å². The topological polar surface area (TPSA) is 78.3 Å². The third-order valence-electron chi connectivity index (χ3n) is 4.52. The molecule has 0 fully saturated rings. The molecule has 0 atom stereocenters. The quantitative estimate of drug-likeness (QED) is 0.516. The Morgan fingerprint density at radius 3 is 2.60 bits per heavy atom. The number of aromatic nitrogens is 3. The molecule has 2 aromatic carbocycles. The second-order valence-electron chi connectivity index (χ2n) is 6.77. The van der Waals surface area contributed by atoms with Crippen molar-refractivity contribution in [1.82, 2.24) is 14.8 Å². The first-order valence-electron chi connectivity index (χ1n) is 9.69. The van der Waals surface area contributed by atoms with Gasteiger partial charge in [-0.1, -0.05) is 23.9 Å². The fraction of sp³-hybridized carbons (Fsp3) is 0.318. The summed E-state index contributed by atoms with van der Waals surface area (Å²) in [5.41, 5.74) is 2.95. The van der Waals surface area contributed by atoms with Gasteiger partial charge < -0.3 is 19.4 Å². The van der Waals surface area contributed by atoms with Gasteiger partial charge in [0, 0.05) is 12.2 Å². The minimum absolute atomic E-state index is 0.107. The molecule has 1 heterocycles. The molecule has 0 saturated carbocycles. The molecule has 0 radical (unpaired) electrons. The van der Waals surface area contributed by atoms with Gasteiger partial charge in [0.1, 0.15) is 18.1 Å². The zero-order chi connectivity index (χ0) is 21.5. The van der Waals surface area contributed by atoms with Gasteiger partial charge in [-0.2, -0.15) is 0 Å². The highest BCUT2D eigenvalue weighted by molar-refractivity contribution is 7.99. The Kier molecular flexibility index (Phi) is 7.35. The molecule has 1 aromatic heterocycles. The molecule has 3 rings (SSSR count). The van der Waals surface area contributed by atoms with Crippen molar-refractivity contribution in [3.8, 4) is 11.5 Å². The van der Waals surface area contributed by atoms with Crippen LogP contribution in [-0.2, 0) is 17.9 Å². The van der Waals surface area contributed by atoms with E-state index in [-0.39, 0.29) is 11.7 Å². The second kappa shape index (κ2) is 10.2. The minimum atomic E-state index is -0.107. The van der Waals surface area contributed by atoms with Crippen LogP contribution in [0.25, 0.3) is 0 Å². The number of nitrogens with one attached hydrogen (secondary N) is 1. The van der Waals surface area contributed by atoms with E-state index in [2.05, 4.69) is 21.6 Å². The first kappa shape index (κ1) is 21.7. The minimum Gasteiger partial charge on any atom is -0.497 e. The molecule has 158 valence electrons. The molecule has 7 nitrogen and oxygen atoms in total. The first-order chi connectivity index (χ1) is 14.5. The number of anilines is 1. The van der Waals surface area contributed by atoms with Crippen LogP contribution in [0.15, 0.2) is 47.6 Å². The molecule has 0 aliphatic rings. The van der Waals surface area contributed by atoms with E-state index in [9.17, 15) is 4.79 Å². The number of hydrogen-bond donors (Lipinski definition) is 1. The summed E-state index contributed by atoms with van der Waals surface area (Å²) in [5, 5.41) is 12.1. The summed E-state index contributed by atoms with van der Waals surface area (Å²) >= 11 is 1.35. The predicted molar refractivity (Wildman–Crippen MR) is 118 cm³/mol. The molecule has 0 aliphatic carbocycles. The standard InChI is InChI=1S/C22H26N4O3S/c1-5-26-20(13-29-19-12-15(2)6-7-16(19)3)24-25-22(26)30-14-21(27)23-17-8-10-18(28-4)11-9-17/h6-12H,5,13-14H2,1-4H3,(H,23,27). The van der Waals surface area contributed by atoms with Crippen LogP contribution < -0.4 is 14.8 Å². The van der Waals surface area contributed by atoms with Crippen LogP contribution in [0.1, 0.15) is 23.9 Å². The van der Waals surface area contributed by atoms with Crippen molar-refractivity contribution in [2.24, 2.45) is 0 Å². The molecular weight excluding hydrogens is 400 g/mol. The predicted octanol–water partition coefficient (Wildman–Crippen LogP) is 4.23. The maximum absolute atomic E-state index is 12.3. The Hall–Kier alpha value is -3.00. The molecule has 0 aliphatic heterocycles. The Morgan fingerprint density at radius 1 is 1.13 bits per heavy atom. The van der Waals surface area contributed by atoms with Crippen LogP contribution in [0.2, 0.25) is 0 Å². The second-order valence-corrected chi connectivity index (χ2v) is 7.71. The van der Waals surface area contributed by atoms with Crippen LogP contribution in [0.5, 0.6) is 11.5 Å². The van der Waals surface area contributed by atoms with Gasteiger partial charge in [-0.3, -0.25) is 4.79 Å². The third-order valence-corrected chi connectivity index (χ3v) is 5.48. The van der Waals surface area contributed by atoms with Gasteiger partial charge in [0.05, 0.1) is 12.9 Å². The van der Waals surface area contributed by atoms with Crippen molar-refractivity contribution in [1.29, 1.82) is 0 Å². The highest BCUT2D eigenvalue weighted by Crippen LogP contribution is 2.22. The van der Waals surface area contributed by atoms with Gasteiger partial charge in [-0.25, -0.2) is 0 Å². The number of methoxy groups -OCH3 is 1. The Labute approximate surface area is 180 Å². The van der Waals surface area contributed by atoms with Gasteiger partial charge in [-0.05, 0) is 62.2 Å². The SMILES string of the molecule is CCn1c(COc2cc(C)ccc2C)nnc1SCC(=O)Nc1ccc(OC)cc1. The van der Waals surface area contributed by atoms with E-state index in [4.69, 9.17) is 9.47 Å². The number of aryl methyl sites for hydroxylation is 2. The van der Waals surface area contributed by atoms with Gasteiger partial charge in [0.2, 0.25) is 5.91 Å². The lowest BCUT2D eigenvalue weighted by molar-refractivity contribution is -0.113. The highest BCUT2D eigenvalue weighted by atomic mass is 32.2. The fourth-order valence-electron chi connectivity index (χ4n) is 2.86. The molecule has 0 bridgehead atoms. The van der Waals surface area contributed by atoms with E-state index in [1.54, 1.807) is 31.4 Å². The molecule has 8 heteroatoms. The maximum atomic E-state index is 12.3. The molecular formula is C22H26N4O3S. The van der Waals surface area contributed by atoms with Crippen molar-refractivity contribution < 1.29 is 14.3 Å². The number of carbonyl (C=O) groups is 1. The Morgan fingerprint density at radius 2 is 1.90 bits per heavy atom. The van der Waals surface area contributed by atoms with Crippen LogP contribution in [0.4, 0.5) is 5.69 Å². The number of carbonyl (C=O) groups excluding carboxylic acids is 1. The van der Waals surface area contributed by atoms with Gasteiger partial charge >= 0.3 is 0 Å². The van der Waals surface area contributed by atoms with Crippen LogP contribution in [-0.4, -0.2) is 33.5 Å². The van der Waals surface area contributed by atoms with Crippen molar-refractivity contribution in [2.45, 2.75) is 39.1 Å². The summed E-state index contributed by atoms with van der Waals surface area (Å²) in [7, 11) is 1.61. The van der Waals surface area contributed by atoms with Crippen molar-refractivity contribution in [2.75, 3.05) is 18.2 Å². The highest BCUT2D eigenvalue weighted by Gasteiger charge is 2.14. The molecule has 1 N–H and O–H groups in total. The van der Waals surface area contributed by atoms with E-state index < -0.39 is 0 Å². The van der Waals surface area contributed by atoms with Crippen molar-refractivity contribution in [3.63, 3.8) is 0 Å². The van der Waals surface area contributed by atoms with Gasteiger partial charge in [-0.15, -0.1) is 10.2 Å². The number of ether oxygens (including phenoxy) is 2. The van der Waals surface area contributed by atoms with E-state index in [0.717, 1.165) is 34.1 Å². The molecule has 0 unspecified atom stereocenters. The summed E-state index contributed by atoms with van der Waals surface area (Å²) in [6, 6.07) is 13.3. The number of nitrogens with zero attached hydrogens (tertiary/aromatic N) is 3. The van der Waals surface area contributed by atoms with Gasteiger partial charge in [0.25, 0.3) is 0 Å². The zero-order valence-electron chi connectivity index (χ0n) is 17.6. The Bertz CT molecular complexity index is 1000. The fourth-order valence-corrected chi connectivity index (χ4v) is 3.68. The summed E-state index contributed by atoms with van der Waals surface area (Å²) in [6.45, 7) is 7.09. The average molecular weight is 427 g/mol.